The van der Waals surface area contributed by atoms with E-state index in [1.807, 2.05) is 0 Å². The third-order valence-electron chi connectivity index (χ3n) is 4.25. The molecule has 0 aliphatic heterocycles. The molecule has 0 aromatic heterocycles. The lowest BCUT2D eigenvalue weighted by molar-refractivity contribution is -0.140. The maximum absolute atomic E-state index is 12.8. The number of Topliss-reactive ketones (excluding diaryl/α,β-unsaturated/α-hetero) is 1. The minimum absolute atomic E-state index is 0.0307. The lowest BCUT2D eigenvalue weighted by atomic mass is 9.97. The summed E-state index contributed by atoms with van der Waals surface area (Å²) in [5.41, 5.74) is 6.22. The zero-order valence-electron chi connectivity index (χ0n) is 16.3. The molecule has 0 bridgehead atoms. The lowest BCUT2D eigenvalue weighted by Gasteiger charge is -2.24. The molecule has 0 aliphatic rings. The molecular weight excluding hydrogens is 392 g/mol. The summed E-state index contributed by atoms with van der Waals surface area (Å²) < 4.78 is 9.72. The van der Waals surface area contributed by atoms with Crippen LogP contribution in [0.5, 0.6) is 0 Å². The summed E-state index contributed by atoms with van der Waals surface area (Å²) in [4.78, 5) is 49.1. The Hall–Kier alpha value is -3.56. The van der Waals surface area contributed by atoms with E-state index >= 15 is 0 Å². The van der Waals surface area contributed by atoms with Crippen LogP contribution in [-0.2, 0) is 20.9 Å². The summed E-state index contributed by atoms with van der Waals surface area (Å²) >= 11 is 0. The average Bonchev–Trinajstić information content (AvgIpc) is 2.78. The molecule has 0 saturated heterocycles. The van der Waals surface area contributed by atoms with Gasteiger partial charge in [-0.05, 0) is 17.7 Å². The highest BCUT2D eigenvalue weighted by Crippen LogP contribution is 2.27. The number of ketones is 1. The Morgan fingerprint density at radius 1 is 1.13 bits per heavy atom. The van der Waals surface area contributed by atoms with Crippen LogP contribution in [0.2, 0.25) is 0 Å². The van der Waals surface area contributed by atoms with Crippen molar-refractivity contribution < 1.29 is 33.8 Å². The minimum atomic E-state index is -1.26. The first-order chi connectivity index (χ1) is 14.4. The molecule has 2 aromatic carbocycles. The molecule has 0 unspecified atom stereocenters. The van der Waals surface area contributed by atoms with Crippen LogP contribution in [0.1, 0.15) is 32.7 Å². The van der Waals surface area contributed by atoms with E-state index in [1.54, 1.807) is 30.3 Å². The molecule has 0 saturated carbocycles. The first kappa shape index (κ1) is 22.7. The monoisotopic (exact) mass is 414 g/mol. The normalized spacial score (nSPS) is 11.3. The molecular formula is C21H22N2O7. The van der Waals surface area contributed by atoms with Crippen molar-refractivity contribution in [2.75, 3.05) is 18.7 Å². The Bertz CT molecular complexity index is 915. The molecule has 0 spiro atoms. The SMILES string of the molecule is COC(=O)C[C@H](N)C(=O)c1cccc(C=O)c1N(CO)C(=O)OCc1ccccc1. The molecule has 1 amide bonds. The van der Waals surface area contributed by atoms with Gasteiger partial charge in [0.2, 0.25) is 0 Å². The zero-order valence-corrected chi connectivity index (χ0v) is 16.3. The number of carbonyl (C=O) groups is 4. The molecule has 2 rings (SSSR count). The second kappa shape index (κ2) is 10.8. The van der Waals surface area contributed by atoms with Crippen molar-refractivity contribution in [3.05, 3.63) is 65.2 Å². The number of ether oxygens (including phenoxy) is 2. The Morgan fingerprint density at radius 3 is 2.43 bits per heavy atom. The molecule has 3 N–H and O–H groups in total. The second-order valence-corrected chi connectivity index (χ2v) is 6.22. The highest BCUT2D eigenvalue weighted by molar-refractivity contribution is 6.11. The van der Waals surface area contributed by atoms with Crippen LogP contribution >= 0.6 is 0 Å². The van der Waals surface area contributed by atoms with Crippen LogP contribution < -0.4 is 10.6 Å². The van der Waals surface area contributed by atoms with E-state index in [2.05, 4.69) is 4.74 Å². The average molecular weight is 414 g/mol. The first-order valence-corrected chi connectivity index (χ1v) is 8.96. The molecule has 0 aliphatic carbocycles. The van der Waals surface area contributed by atoms with Gasteiger partial charge in [0.25, 0.3) is 0 Å². The number of methoxy groups -OCH3 is 1. The standard InChI is InChI=1S/C21H22N2O7/c1-29-18(26)10-17(22)20(27)16-9-5-8-15(11-24)19(16)23(13-25)21(28)30-12-14-6-3-2-4-7-14/h2-9,11,17,25H,10,12-13,22H2,1H3/t17-/m0/s1. The minimum Gasteiger partial charge on any atom is -0.469 e. The van der Waals surface area contributed by atoms with E-state index in [-0.39, 0.29) is 23.4 Å². The van der Waals surface area contributed by atoms with Crippen molar-refractivity contribution in [3.8, 4) is 0 Å². The summed E-state index contributed by atoms with van der Waals surface area (Å²) in [7, 11) is 1.16. The highest BCUT2D eigenvalue weighted by atomic mass is 16.6. The van der Waals surface area contributed by atoms with Gasteiger partial charge in [-0.15, -0.1) is 0 Å². The number of carbonyl (C=O) groups excluding carboxylic acids is 4. The Morgan fingerprint density at radius 2 is 1.83 bits per heavy atom. The van der Waals surface area contributed by atoms with Crippen LogP contribution in [-0.4, -0.2) is 49.1 Å². The van der Waals surface area contributed by atoms with Gasteiger partial charge in [-0.25, -0.2) is 4.79 Å². The van der Waals surface area contributed by atoms with E-state index in [0.717, 1.165) is 12.0 Å². The summed E-state index contributed by atoms with van der Waals surface area (Å²) in [5.74, 6) is -1.39. The number of anilines is 1. The Labute approximate surface area is 173 Å². The molecule has 158 valence electrons. The predicted molar refractivity (Wildman–Crippen MR) is 107 cm³/mol. The number of nitrogens with zero attached hydrogens (tertiary/aromatic N) is 1. The van der Waals surface area contributed by atoms with Crippen molar-refractivity contribution in [2.45, 2.75) is 19.1 Å². The maximum Gasteiger partial charge on any atom is 0.416 e. The number of hydrogen-bond acceptors (Lipinski definition) is 8. The van der Waals surface area contributed by atoms with Crippen molar-refractivity contribution in [3.63, 3.8) is 0 Å². The van der Waals surface area contributed by atoms with Crippen LogP contribution in [0.15, 0.2) is 48.5 Å². The van der Waals surface area contributed by atoms with Crippen molar-refractivity contribution in [1.82, 2.24) is 0 Å². The molecule has 9 heteroatoms. The summed E-state index contributed by atoms with van der Waals surface area (Å²) in [5, 5.41) is 9.79. The van der Waals surface area contributed by atoms with Crippen LogP contribution in [0.25, 0.3) is 0 Å². The number of aldehydes is 1. The van der Waals surface area contributed by atoms with Crippen molar-refractivity contribution in [1.29, 1.82) is 0 Å². The maximum atomic E-state index is 12.8. The fourth-order valence-electron chi connectivity index (χ4n) is 2.73. The Balaban J connectivity index is 2.34. The van der Waals surface area contributed by atoms with Gasteiger partial charge in [0.15, 0.2) is 12.1 Å². The third kappa shape index (κ3) is 5.49. The van der Waals surface area contributed by atoms with Crippen molar-refractivity contribution in [2.24, 2.45) is 5.73 Å². The van der Waals surface area contributed by atoms with Gasteiger partial charge in [-0.2, -0.15) is 0 Å². The number of para-hydroxylation sites is 1. The van der Waals surface area contributed by atoms with E-state index in [1.165, 1.54) is 18.2 Å². The van der Waals surface area contributed by atoms with Gasteiger partial charge in [0.05, 0.1) is 25.3 Å². The number of benzene rings is 2. The largest absolute Gasteiger partial charge is 0.469 e. The number of aliphatic hydroxyl groups excluding tert-OH is 1. The number of aliphatic hydroxyl groups is 1. The van der Waals surface area contributed by atoms with E-state index in [0.29, 0.717) is 11.8 Å². The van der Waals surface area contributed by atoms with Gasteiger partial charge in [0, 0.05) is 11.1 Å². The molecule has 0 fully saturated rings. The number of amides is 1. The van der Waals surface area contributed by atoms with E-state index < -0.39 is 37.0 Å². The van der Waals surface area contributed by atoms with E-state index in [4.69, 9.17) is 10.5 Å². The smallest absolute Gasteiger partial charge is 0.416 e. The molecule has 0 heterocycles. The molecule has 30 heavy (non-hydrogen) atoms. The summed E-state index contributed by atoms with van der Waals surface area (Å²) in [6.07, 6.45) is -0.922. The predicted octanol–water partition coefficient (Wildman–Crippen LogP) is 1.67. The quantitative estimate of drug-likeness (QED) is 0.274. The molecule has 0 radical (unpaired) electrons. The van der Waals surface area contributed by atoms with Crippen LogP contribution in [0.4, 0.5) is 10.5 Å². The summed E-state index contributed by atoms with van der Waals surface area (Å²) in [6.45, 7) is -0.935. The van der Waals surface area contributed by atoms with Crippen LogP contribution in [0, 0.1) is 0 Å². The topological polar surface area (TPSA) is 136 Å². The molecule has 9 nitrogen and oxygen atoms in total. The number of rotatable bonds is 9. The first-order valence-electron chi connectivity index (χ1n) is 8.96. The zero-order chi connectivity index (χ0) is 22.1. The lowest BCUT2D eigenvalue weighted by Crippen LogP contribution is -2.38. The summed E-state index contributed by atoms with van der Waals surface area (Å²) in [6, 6.07) is 11.7. The third-order valence-corrected chi connectivity index (χ3v) is 4.25. The van der Waals surface area contributed by atoms with E-state index in [9.17, 15) is 24.3 Å². The molecule has 2 aromatic rings. The van der Waals surface area contributed by atoms with Crippen LogP contribution in [0.3, 0.4) is 0 Å². The van der Waals surface area contributed by atoms with Gasteiger partial charge < -0.3 is 20.3 Å². The second-order valence-electron chi connectivity index (χ2n) is 6.22. The highest BCUT2D eigenvalue weighted by Gasteiger charge is 2.28. The number of esters is 1. The fourth-order valence-corrected chi connectivity index (χ4v) is 2.73. The number of nitrogens with two attached hydrogens (primary N) is 1. The van der Waals surface area contributed by atoms with Crippen molar-refractivity contribution >= 4 is 29.8 Å². The molecule has 1 atom stereocenters. The van der Waals surface area contributed by atoms with Gasteiger partial charge >= 0.3 is 12.1 Å². The van der Waals surface area contributed by atoms with Gasteiger partial charge in [0.1, 0.15) is 13.3 Å². The number of hydrogen-bond donors (Lipinski definition) is 2. The van der Waals surface area contributed by atoms with Gasteiger partial charge in [-0.1, -0.05) is 36.4 Å². The van der Waals surface area contributed by atoms with Gasteiger partial charge in [-0.3, -0.25) is 19.3 Å². The fraction of sp³-hybridized carbons (Fsp3) is 0.238. The Kier molecular flexibility index (Phi) is 8.21.